The molecular weight excluding hydrogens is 296 g/mol. The second kappa shape index (κ2) is 6.33. The van der Waals surface area contributed by atoms with Crippen molar-refractivity contribution in [3.05, 3.63) is 23.4 Å². The van der Waals surface area contributed by atoms with Crippen LogP contribution in [0.4, 0.5) is 0 Å². The van der Waals surface area contributed by atoms with E-state index < -0.39 is 10.0 Å². The van der Waals surface area contributed by atoms with Gasteiger partial charge < -0.3 is 9.73 Å². The van der Waals surface area contributed by atoms with Crippen molar-refractivity contribution in [1.29, 1.82) is 0 Å². The smallest absolute Gasteiger partial charge is 0.244 e. The normalized spacial score (nSPS) is 12.2. The Morgan fingerprint density at radius 3 is 2.76 bits per heavy atom. The largest absolute Gasteiger partial charge is 0.464 e. The molecule has 0 atom stereocenters. The number of sulfonamides is 1. The SMILES string of the molecule is Cc1oc(CNC(C)C)cc1S(=O)(=O)NCc1nn[nH]n1. The van der Waals surface area contributed by atoms with Crippen LogP contribution in [0.1, 0.15) is 31.2 Å². The summed E-state index contributed by atoms with van der Waals surface area (Å²) in [5.41, 5.74) is 0. The molecular formula is C11H18N6O3S. The van der Waals surface area contributed by atoms with Crippen molar-refractivity contribution in [2.75, 3.05) is 0 Å². The van der Waals surface area contributed by atoms with Crippen molar-refractivity contribution in [3.8, 4) is 0 Å². The lowest BCUT2D eigenvalue weighted by atomic mass is 10.3. The topological polar surface area (TPSA) is 126 Å². The van der Waals surface area contributed by atoms with Gasteiger partial charge in [-0.1, -0.05) is 19.1 Å². The molecule has 0 spiro atoms. The predicted octanol–water partition coefficient (Wildman–Crippen LogP) is 0.0776. The van der Waals surface area contributed by atoms with Gasteiger partial charge in [0.25, 0.3) is 0 Å². The van der Waals surface area contributed by atoms with Gasteiger partial charge in [0.1, 0.15) is 16.4 Å². The number of hydrogen-bond acceptors (Lipinski definition) is 7. The molecule has 0 fully saturated rings. The van der Waals surface area contributed by atoms with Crippen molar-refractivity contribution >= 4 is 10.0 Å². The fraction of sp³-hybridized carbons (Fsp3) is 0.545. The van der Waals surface area contributed by atoms with Gasteiger partial charge in [-0.25, -0.2) is 13.1 Å². The molecule has 0 unspecified atom stereocenters. The van der Waals surface area contributed by atoms with Crippen LogP contribution in [-0.4, -0.2) is 35.1 Å². The minimum atomic E-state index is -3.68. The molecule has 3 N–H and O–H groups in total. The van der Waals surface area contributed by atoms with E-state index in [0.29, 0.717) is 18.1 Å². The highest BCUT2D eigenvalue weighted by molar-refractivity contribution is 7.89. The predicted molar refractivity (Wildman–Crippen MR) is 73.6 cm³/mol. The quantitative estimate of drug-likeness (QED) is 0.660. The second-order valence-electron chi connectivity index (χ2n) is 4.82. The van der Waals surface area contributed by atoms with Crippen LogP contribution < -0.4 is 10.0 Å². The third-order valence-electron chi connectivity index (χ3n) is 2.71. The highest BCUT2D eigenvalue weighted by atomic mass is 32.2. The maximum atomic E-state index is 12.2. The van der Waals surface area contributed by atoms with Gasteiger partial charge in [-0.2, -0.15) is 5.21 Å². The molecule has 2 heterocycles. The van der Waals surface area contributed by atoms with Crippen molar-refractivity contribution in [1.82, 2.24) is 30.7 Å². The third kappa shape index (κ3) is 4.09. The van der Waals surface area contributed by atoms with Crippen LogP contribution in [0.5, 0.6) is 0 Å². The Hall–Kier alpha value is -1.78. The molecule has 0 saturated heterocycles. The van der Waals surface area contributed by atoms with Crippen molar-refractivity contribution in [2.24, 2.45) is 0 Å². The first-order chi connectivity index (χ1) is 9.88. The Morgan fingerprint density at radius 2 is 2.14 bits per heavy atom. The Morgan fingerprint density at radius 1 is 1.38 bits per heavy atom. The van der Waals surface area contributed by atoms with Gasteiger partial charge in [0, 0.05) is 12.1 Å². The lowest BCUT2D eigenvalue weighted by molar-refractivity contribution is 0.444. The lowest BCUT2D eigenvalue weighted by Crippen LogP contribution is -2.24. The van der Waals surface area contributed by atoms with Crippen LogP contribution in [0.15, 0.2) is 15.4 Å². The molecule has 0 aliphatic rings. The third-order valence-corrected chi connectivity index (χ3v) is 4.22. The zero-order valence-corrected chi connectivity index (χ0v) is 12.9. The number of rotatable bonds is 7. The number of aromatic nitrogens is 4. The maximum absolute atomic E-state index is 12.2. The van der Waals surface area contributed by atoms with Gasteiger partial charge in [0.05, 0.1) is 13.1 Å². The maximum Gasteiger partial charge on any atom is 0.244 e. The summed E-state index contributed by atoms with van der Waals surface area (Å²) in [5, 5.41) is 16.1. The van der Waals surface area contributed by atoms with Crippen LogP contribution in [-0.2, 0) is 23.1 Å². The van der Waals surface area contributed by atoms with E-state index in [2.05, 4.69) is 30.7 Å². The Balaban J connectivity index is 2.08. The van der Waals surface area contributed by atoms with Crippen LogP contribution in [0.25, 0.3) is 0 Å². The summed E-state index contributed by atoms with van der Waals surface area (Å²) in [5.74, 6) is 1.18. The highest BCUT2D eigenvalue weighted by Crippen LogP contribution is 2.20. The molecule has 2 rings (SSSR count). The average molecular weight is 314 g/mol. The first kappa shape index (κ1) is 15.6. The van der Waals surface area contributed by atoms with Crippen LogP contribution in [0.3, 0.4) is 0 Å². The van der Waals surface area contributed by atoms with Gasteiger partial charge in [0.15, 0.2) is 5.82 Å². The van der Waals surface area contributed by atoms with E-state index >= 15 is 0 Å². The minimum absolute atomic E-state index is 0.0387. The second-order valence-corrected chi connectivity index (χ2v) is 6.56. The van der Waals surface area contributed by atoms with Crippen molar-refractivity contribution in [3.63, 3.8) is 0 Å². The summed E-state index contributed by atoms with van der Waals surface area (Å²) in [6.45, 7) is 6.05. The van der Waals surface area contributed by atoms with Crippen molar-refractivity contribution in [2.45, 2.75) is 44.8 Å². The van der Waals surface area contributed by atoms with Gasteiger partial charge in [-0.15, -0.1) is 10.2 Å². The lowest BCUT2D eigenvalue weighted by Gasteiger charge is -2.04. The van der Waals surface area contributed by atoms with Crippen LogP contribution in [0, 0.1) is 6.92 Å². The Labute approximate surface area is 122 Å². The Kier molecular flexibility index (Phi) is 4.70. The summed E-state index contributed by atoms with van der Waals surface area (Å²) < 4.78 is 32.3. The van der Waals surface area contributed by atoms with E-state index in [9.17, 15) is 8.42 Å². The first-order valence-corrected chi connectivity index (χ1v) is 7.91. The van der Waals surface area contributed by atoms with Gasteiger partial charge in [-0.05, 0) is 6.92 Å². The number of tetrazole rings is 1. The van der Waals surface area contributed by atoms with Crippen molar-refractivity contribution < 1.29 is 12.8 Å². The van der Waals surface area contributed by atoms with E-state index in [1.807, 2.05) is 13.8 Å². The molecule has 10 heteroatoms. The van der Waals surface area contributed by atoms with Gasteiger partial charge >= 0.3 is 0 Å². The first-order valence-electron chi connectivity index (χ1n) is 6.43. The molecule has 2 aromatic rings. The summed E-state index contributed by atoms with van der Waals surface area (Å²) in [4.78, 5) is 0.117. The molecule has 0 bridgehead atoms. The fourth-order valence-corrected chi connectivity index (χ4v) is 2.86. The molecule has 0 aromatic carbocycles. The summed E-state index contributed by atoms with van der Waals surface area (Å²) >= 11 is 0. The number of nitrogens with one attached hydrogen (secondary N) is 3. The number of aryl methyl sites for hydroxylation is 1. The molecule has 0 aliphatic carbocycles. The highest BCUT2D eigenvalue weighted by Gasteiger charge is 2.21. The molecule has 9 nitrogen and oxygen atoms in total. The van der Waals surface area contributed by atoms with E-state index in [0.717, 1.165) is 0 Å². The summed E-state index contributed by atoms with van der Waals surface area (Å²) in [7, 11) is -3.68. The number of hydrogen-bond donors (Lipinski definition) is 3. The van der Waals surface area contributed by atoms with E-state index in [4.69, 9.17) is 4.42 Å². The van der Waals surface area contributed by atoms with E-state index in [1.54, 1.807) is 6.92 Å². The molecule has 0 saturated carbocycles. The number of furan rings is 1. The number of H-pyrrole nitrogens is 1. The zero-order valence-electron chi connectivity index (χ0n) is 12.0. The van der Waals surface area contributed by atoms with Gasteiger partial charge in [-0.3, -0.25) is 0 Å². The molecule has 0 radical (unpaired) electrons. The zero-order chi connectivity index (χ0) is 15.5. The molecule has 0 aliphatic heterocycles. The van der Waals surface area contributed by atoms with Gasteiger partial charge in [0.2, 0.25) is 10.0 Å². The minimum Gasteiger partial charge on any atom is -0.464 e. The van der Waals surface area contributed by atoms with E-state index in [1.165, 1.54) is 6.07 Å². The molecule has 116 valence electrons. The van der Waals surface area contributed by atoms with Crippen LogP contribution in [0.2, 0.25) is 0 Å². The molecule has 0 amide bonds. The number of aromatic amines is 1. The summed E-state index contributed by atoms with van der Waals surface area (Å²) in [6.07, 6.45) is 0. The summed E-state index contributed by atoms with van der Waals surface area (Å²) in [6, 6.07) is 1.80. The number of nitrogens with zero attached hydrogens (tertiary/aromatic N) is 3. The monoisotopic (exact) mass is 314 g/mol. The van der Waals surface area contributed by atoms with Crippen LogP contribution >= 0.6 is 0 Å². The van der Waals surface area contributed by atoms with E-state index in [-0.39, 0.29) is 23.3 Å². The molecule has 21 heavy (non-hydrogen) atoms. The average Bonchev–Trinajstić information content (AvgIpc) is 3.03. The molecule has 2 aromatic heterocycles. The standard InChI is InChI=1S/C11H18N6O3S/c1-7(2)12-5-9-4-10(8(3)20-9)21(18,19)13-6-11-14-16-17-15-11/h4,7,12-13H,5-6H2,1-3H3,(H,14,15,16,17). The fourth-order valence-electron chi connectivity index (χ4n) is 1.68. The Bertz CT molecular complexity index is 677.